The van der Waals surface area contributed by atoms with Crippen LogP contribution in [0.25, 0.3) is 0 Å². The summed E-state index contributed by atoms with van der Waals surface area (Å²) in [5, 5.41) is 0. The molecule has 1 rings (SSSR count). The molecule has 96 valence electrons. The van der Waals surface area contributed by atoms with Crippen LogP contribution in [-0.4, -0.2) is 11.6 Å². The van der Waals surface area contributed by atoms with E-state index in [2.05, 4.69) is 27.8 Å². The Kier molecular flexibility index (Phi) is 6.34. The molecule has 0 atom stereocenters. The number of hydrogen-bond donors (Lipinski definition) is 1. The number of pyridine rings is 1. The highest BCUT2D eigenvalue weighted by Gasteiger charge is 2.08. The lowest BCUT2D eigenvalue weighted by atomic mass is 10.2. The Labute approximate surface area is 112 Å². The van der Waals surface area contributed by atoms with Crippen molar-refractivity contribution in [2.45, 2.75) is 46.0 Å². The van der Waals surface area contributed by atoms with Gasteiger partial charge < -0.3 is 10.5 Å². The van der Waals surface area contributed by atoms with Crippen molar-refractivity contribution in [2.75, 3.05) is 12.3 Å². The summed E-state index contributed by atoms with van der Waals surface area (Å²) in [7, 11) is 0. The molecule has 0 fully saturated rings. The lowest BCUT2D eigenvalue weighted by molar-refractivity contribution is 0.291. The number of unbranched alkanes of at least 4 members (excludes halogenated alkanes) is 4. The summed E-state index contributed by atoms with van der Waals surface area (Å²) in [6.07, 6.45) is 7.81. The maximum atomic E-state index is 5.75. The second kappa shape index (κ2) is 7.54. The Balaban J connectivity index is 2.35. The molecule has 1 heterocycles. The molecule has 1 aromatic rings. The molecule has 0 spiro atoms. The van der Waals surface area contributed by atoms with E-state index in [1.807, 2.05) is 6.92 Å². The smallest absolute Gasteiger partial charge is 0.228 e. The zero-order valence-electron chi connectivity index (χ0n) is 10.6. The molecule has 4 heteroatoms. The number of anilines is 1. The van der Waals surface area contributed by atoms with Crippen LogP contribution < -0.4 is 10.5 Å². The van der Waals surface area contributed by atoms with Crippen molar-refractivity contribution in [3.8, 4) is 5.88 Å². The lowest BCUT2D eigenvalue weighted by Gasteiger charge is -2.10. The maximum absolute atomic E-state index is 5.75. The minimum absolute atomic E-state index is 0.646. The summed E-state index contributed by atoms with van der Waals surface area (Å²) < 4.78 is 6.51. The van der Waals surface area contributed by atoms with E-state index in [1.54, 1.807) is 6.20 Å². The molecular formula is C13H21BrN2O. The molecule has 1 aromatic heterocycles. The van der Waals surface area contributed by atoms with E-state index in [-0.39, 0.29) is 0 Å². The molecule has 0 unspecified atom stereocenters. The molecule has 3 nitrogen and oxygen atoms in total. The molecule has 0 aromatic carbocycles. The van der Waals surface area contributed by atoms with Gasteiger partial charge in [-0.2, -0.15) is 0 Å². The summed E-state index contributed by atoms with van der Waals surface area (Å²) >= 11 is 3.46. The number of hydrogen-bond acceptors (Lipinski definition) is 3. The van der Waals surface area contributed by atoms with Gasteiger partial charge in [0.2, 0.25) is 5.88 Å². The number of nitrogens with two attached hydrogens (primary N) is 1. The highest BCUT2D eigenvalue weighted by Crippen LogP contribution is 2.29. The van der Waals surface area contributed by atoms with E-state index in [9.17, 15) is 0 Å². The Morgan fingerprint density at radius 3 is 2.71 bits per heavy atom. The van der Waals surface area contributed by atoms with E-state index < -0.39 is 0 Å². The zero-order chi connectivity index (χ0) is 12.7. The van der Waals surface area contributed by atoms with Crippen molar-refractivity contribution in [3.05, 3.63) is 16.2 Å². The van der Waals surface area contributed by atoms with Crippen LogP contribution in [0.4, 0.5) is 5.69 Å². The van der Waals surface area contributed by atoms with Crippen LogP contribution in [0.15, 0.2) is 10.7 Å². The van der Waals surface area contributed by atoms with Crippen molar-refractivity contribution >= 4 is 21.6 Å². The lowest BCUT2D eigenvalue weighted by Crippen LogP contribution is -2.02. The van der Waals surface area contributed by atoms with Gasteiger partial charge in [0.05, 0.1) is 23.0 Å². The molecule has 0 radical (unpaired) electrons. The summed E-state index contributed by atoms with van der Waals surface area (Å²) in [4.78, 5) is 4.18. The first-order valence-corrected chi connectivity index (χ1v) is 6.99. The molecule has 0 amide bonds. The fourth-order valence-corrected chi connectivity index (χ4v) is 1.99. The van der Waals surface area contributed by atoms with Gasteiger partial charge in [0, 0.05) is 0 Å². The van der Waals surface area contributed by atoms with Crippen molar-refractivity contribution < 1.29 is 4.74 Å². The number of halogens is 1. The zero-order valence-corrected chi connectivity index (χ0v) is 12.2. The van der Waals surface area contributed by atoms with E-state index in [4.69, 9.17) is 10.5 Å². The Morgan fingerprint density at radius 2 is 2.00 bits per heavy atom. The van der Waals surface area contributed by atoms with Gasteiger partial charge >= 0.3 is 0 Å². The van der Waals surface area contributed by atoms with Gasteiger partial charge in [-0.05, 0) is 34.8 Å². The van der Waals surface area contributed by atoms with Gasteiger partial charge in [-0.1, -0.05) is 32.6 Å². The average molecular weight is 301 g/mol. The van der Waals surface area contributed by atoms with E-state index in [0.29, 0.717) is 11.6 Å². The summed E-state index contributed by atoms with van der Waals surface area (Å²) in [5.74, 6) is 0.646. The first-order chi connectivity index (χ1) is 8.16. The maximum Gasteiger partial charge on any atom is 0.228 e. The predicted octanol–water partition coefficient (Wildman–Crippen LogP) is 4.08. The van der Waals surface area contributed by atoms with Crippen LogP contribution in [0.5, 0.6) is 5.88 Å². The molecule has 0 bridgehead atoms. The van der Waals surface area contributed by atoms with E-state index in [1.165, 1.54) is 25.7 Å². The normalized spacial score (nSPS) is 10.5. The summed E-state index contributed by atoms with van der Waals surface area (Å²) in [5.41, 5.74) is 7.43. The highest BCUT2D eigenvalue weighted by molar-refractivity contribution is 9.10. The van der Waals surface area contributed by atoms with Gasteiger partial charge in [0.25, 0.3) is 0 Å². The molecule has 0 saturated carbocycles. The number of nitrogens with zero attached hydrogens (tertiary/aromatic N) is 1. The van der Waals surface area contributed by atoms with Gasteiger partial charge in [0.15, 0.2) is 0 Å². The predicted molar refractivity (Wildman–Crippen MR) is 75.3 cm³/mol. The van der Waals surface area contributed by atoms with Crippen LogP contribution in [0, 0.1) is 6.92 Å². The SMILES string of the molecule is CCCCCCCOc1ncc(N)c(C)c1Br. The minimum Gasteiger partial charge on any atom is -0.477 e. The van der Waals surface area contributed by atoms with E-state index >= 15 is 0 Å². The van der Waals surface area contributed by atoms with Crippen LogP contribution in [-0.2, 0) is 0 Å². The van der Waals surface area contributed by atoms with Crippen molar-refractivity contribution in [1.29, 1.82) is 0 Å². The number of aromatic nitrogens is 1. The van der Waals surface area contributed by atoms with Gasteiger partial charge in [-0.3, -0.25) is 0 Å². The standard InChI is InChI=1S/C13H21BrN2O/c1-3-4-5-6-7-8-17-13-12(14)10(2)11(15)9-16-13/h9H,3-8,15H2,1-2H3. The third-order valence-electron chi connectivity index (χ3n) is 2.76. The second-order valence-corrected chi connectivity index (χ2v) is 5.01. The van der Waals surface area contributed by atoms with Crippen LogP contribution in [0.1, 0.15) is 44.6 Å². The monoisotopic (exact) mass is 300 g/mol. The Hall–Kier alpha value is -0.770. The van der Waals surface area contributed by atoms with E-state index in [0.717, 1.165) is 23.1 Å². The van der Waals surface area contributed by atoms with Crippen molar-refractivity contribution in [2.24, 2.45) is 0 Å². The first kappa shape index (κ1) is 14.3. The number of nitrogen functional groups attached to an aromatic ring is 1. The minimum atomic E-state index is 0.646. The molecule has 2 N–H and O–H groups in total. The first-order valence-electron chi connectivity index (χ1n) is 6.20. The fourth-order valence-electron chi connectivity index (χ4n) is 1.54. The molecule has 0 saturated heterocycles. The van der Waals surface area contributed by atoms with Crippen molar-refractivity contribution in [1.82, 2.24) is 4.98 Å². The third kappa shape index (κ3) is 4.54. The topological polar surface area (TPSA) is 48.1 Å². The fraction of sp³-hybridized carbons (Fsp3) is 0.615. The largest absolute Gasteiger partial charge is 0.477 e. The number of ether oxygens (including phenoxy) is 1. The number of rotatable bonds is 7. The average Bonchev–Trinajstić information content (AvgIpc) is 2.33. The molecule has 17 heavy (non-hydrogen) atoms. The highest BCUT2D eigenvalue weighted by atomic mass is 79.9. The van der Waals surface area contributed by atoms with Crippen LogP contribution >= 0.6 is 15.9 Å². The van der Waals surface area contributed by atoms with Crippen molar-refractivity contribution in [3.63, 3.8) is 0 Å². The molecular weight excluding hydrogens is 280 g/mol. The quantitative estimate of drug-likeness (QED) is 0.772. The van der Waals surface area contributed by atoms with Crippen LogP contribution in [0.3, 0.4) is 0 Å². The Bertz CT molecular complexity index is 356. The van der Waals surface area contributed by atoms with Gasteiger partial charge in [0.1, 0.15) is 0 Å². The summed E-state index contributed by atoms with van der Waals surface area (Å²) in [6, 6.07) is 0. The third-order valence-corrected chi connectivity index (χ3v) is 3.69. The van der Waals surface area contributed by atoms with Gasteiger partial charge in [-0.25, -0.2) is 4.98 Å². The van der Waals surface area contributed by atoms with Crippen LogP contribution in [0.2, 0.25) is 0 Å². The molecule has 0 aliphatic rings. The molecule has 0 aliphatic heterocycles. The Morgan fingerprint density at radius 1 is 1.29 bits per heavy atom. The van der Waals surface area contributed by atoms with Gasteiger partial charge in [-0.15, -0.1) is 0 Å². The second-order valence-electron chi connectivity index (χ2n) is 4.22. The molecule has 0 aliphatic carbocycles. The summed E-state index contributed by atoms with van der Waals surface area (Å²) in [6.45, 7) is 4.89.